The van der Waals surface area contributed by atoms with E-state index in [-0.39, 0.29) is 0 Å². The lowest BCUT2D eigenvalue weighted by Gasteiger charge is -2.05. The third kappa shape index (κ3) is 2.45. The topological polar surface area (TPSA) is 22.4 Å². The van der Waals surface area contributed by atoms with E-state index >= 15 is 0 Å². The number of fused-ring (bicyclic) bond motifs is 1. The van der Waals surface area contributed by atoms with E-state index in [0.717, 1.165) is 22.3 Å². The maximum absolute atomic E-state index is 5.93. The van der Waals surface area contributed by atoms with Gasteiger partial charge in [-0.25, -0.2) is 0 Å². The summed E-state index contributed by atoms with van der Waals surface area (Å²) in [6.45, 7) is 2.54. The van der Waals surface area contributed by atoms with Crippen molar-refractivity contribution in [3.8, 4) is 5.75 Å². The molecule has 0 unspecified atom stereocenters. The van der Waals surface area contributed by atoms with Crippen molar-refractivity contribution in [2.24, 2.45) is 0 Å². The Kier molecular flexibility index (Phi) is 3.18. The summed E-state index contributed by atoms with van der Waals surface area (Å²) in [5.41, 5.74) is 3.13. The predicted molar refractivity (Wildman–Crippen MR) is 76.7 cm³/mol. The Morgan fingerprint density at radius 2 is 2.00 bits per heavy atom. The molecule has 0 amide bonds. The average Bonchev–Trinajstić information content (AvgIpc) is 2.81. The Hall–Kier alpha value is -1.93. The normalized spacial score (nSPS) is 10.8. The first kappa shape index (κ1) is 12.1. The molecule has 0 N–H and O–H groups in total. The monoisotopic (exact) mass is 272 g/mol. The minimum Gasteiger partial charge on any atom is -0.489 e. The van der Waals surface area contributed by atoms with Crippen LogP contribution in [0.2, 0.25) is 5.02 Å². The number of benzene rings is 2. The third-order valence-electron chi connectivity index (χ3n) is 3.07. The Labute approximate surface area is 116 Å². The van der Waals surface area contributed by atoms with Crippen LogP contribution in [0.5, 0.6) is 5.75 Å². The van der Waals surface area contributed by atoms with E-state index < -0.39 is 0 Å². The zero-order valence-electron chi connectivity index (χ0n) is 10.5. The number of furan rings is 1. The smallest absolute Gasteiger partial charge is 0.134 e. The summed E-state index contributed by atoms with van der Waals surface area (Å²) in [7, 11) is 0. The first-order chi connectivity index (χ1) is 9.24. The summed E-state index contributed by atoms with van der Waals surface area (Å²) in [6.07, 6.45) is 1.75. The van der Waals surface area contributed by atoms with Crippen LogP contribution in [0, 0.1) is 6.92 Å². The van der Waals surface area contributed by atoms with Gasteiger partial charge in [-0.05, 0) is 36.8 Å². The molecule has 19 heavy (non-hydrogen) atoms. The van der Waals surface area contributed by atoms with E-state index in [1.165, 1.54) is 5.56 Å². The van der Waals surface area contributed by atoms with Crippen LogP contribution in [0.15, 0.2) is 53.1 Å². The van der Waals surface area contributed by atoms with Gasteiger partial charge >= 0.3 is 0 Å². The van der Waals surface area contributed by atoms with E-state index in [1.807, 2.05) is 30.3 Å². The van der Waals surface area contributed by atoms with E-state index in [0.29, 0.717) is 11.6 Å². The largest absolute Gasteiger partial charge is 0.489 e. The van der Waals surface area contributed by atoms with Gasteiger partial charge in [-0.2, -0.15) is 0 Å². The Bertz CT molecular complexity index is 716. The molecule has 0 radical (unpaired) electrons. The van der Waals surface area contributed by atoms with Crippen molar-refractivity contribution in [3.63, 3.8) is 0 Å². The van der Waals surface area contributed by atoms with Gasteiger partial charge in [0.05, 0.1) is 6.26 Å². The maximum atomic E-state index is 5.93. The first-order valence-electron chi connectivity index (χ1n) is 6.08. The summed E-state index contributed by atoms with van der Waals surface area (Å²) < 4.78 is 11.3. The van der Waals surface area contributed by atoms with Crippen molar-refractivity contribution < 1.29 is 9.15 Å². The highest BCUT2D eigenvalue weighted by atomic mass is 35.5. The summed E-state index contributed by atoms with van der Waals surface area (Å²) >= 11 is 5.93. The molecular weight excluding hydrogens is 260 g/mol. The Balaban J connectivity index is 1.86. The molecule has 1 aromatic heterocycles. The van der Waals surface area contributed by atoms with Crippen molar-refractivity contribution in [1.29, 1.82) is 0 Å². The van der Waals surface area contributed by atoms with Gasteiger partial charge in [0, 0.05) is 16.0 Å². The van der Waals surface area contributed by atoms with Gasteiger partial charge in [-0.15, -0.1) is 0 Å². The predicted octanol–water partition coefficient (Wildman–Crippen LogP) is 4.97. The number of ether oxygens (including phenoxy) is 1. The molecule has 2 aromatic carbocycles. The fourth-order valence-corrected chi connectivity index (χ4v) is 2.35. The molecule has 0 aliphatic rings. The second kappa shape index (κ2) is 4.98. The minimum absolute atomic E-state index is 0.470. The fraction of sp³-hybridized carbons (Fsp3) is 0.125. The van der Waals surface area contributed by atoms with Gasteiger partial charge in [-0.1, -0.05) is 29.8 Å². The average molecular weight is 273 g/mol. The zero-order chi connectivity index (χ0) is 13.2. The van der Waals surface area contributed by atoms with Crippen LogP contribution in [0.1, 0.15) is 11.1 Å². The summed E-state index contributed by atoms with van der Waals surface area (Å²) in [5, 5.41) is 1.80. The van der Waals surface area contributed by atoms with E-state index in [1.54, 1.807) is 12.3 Å². The molecule has 3 heteroatoms. The second-order valence-electron chi connectivity index (χ2n) is 4.46. The molecule has 0 aliphatic heterocycles. The van der Waals surface area contributed by atoms with Gasteiger partial charge in [0.25, 0.3) is 0 Å². The molecule has 0 atom stereocenters. The van der Waals surface area contributed by atoms with Crippen molar-refractivity contribution in [3.05, 3.63) is 64.9 Å². The molecule has 3 aromatic rings. The lowest BCUT2D eigenvalue weighted by molar-refractivity contribution is 0.306. The van der Waals surface area contributed by atoms with Crippen LogP contribution >= 0.6 is 11.6 Å². The summed E-state index contributed by atoms with van der Waals surface area (Å²) in [5.74, 6) is 0.760. The van der Waals surface area contributed by atoms with E-state index in [9.17, 15) is 0 Å². The van der Waals surface area contributed by atoms with Gasteiger partial charge in [-0.3, -0.25) is 0 Å². The van der Waals surface area contributed by atoms with Crippen LogP contribution in [-0.4, -0.2) is 0 Å². The van der Waals surface area contributed by atoms with Crippen LogP contribution in [-0.2, 0) is 6.61 Å². The molecule has 1 heterocycles. The third-order valence-corrected chi connectivity index (χ3v) is 3.31. The number of hydrogen-bond donors (Lipinski definition) is 0. The highest BCUT2D eigenvalue weighted by Gasteiger charge is 2.08. The molecule has 3 rings (SSSR count). The van der Waals surface area contributed by atoms with Crippen LogP contribution in [0.25, 0.3) is 11.0 Å². The lowest BCUT2D eigenvalue weighted by atomic mass is 10.1. The van der Waals surface area contributed by atoms with Crippen LogP contribution < -0.4 is 4.74 Å². The Morgan fingerprint density at radius 1 is 1.16 bits per heavy atom. The van der Waals surface area contributed by atoms with Crippen molar-refractivity contribution in [2.45, 2.75) is 13.5 Å². The fourth-order valence-electron chi connectivity index (χ4n) is 2.17. The van der Waals surface area contributed by atoms with E-state index in [2.05, 4.69) is 13.0 Å². The van der Waals surface area contributed by atoms with Gasteiger partial charge in [0.15, 0.2) is 0 Å². The van der Waals surface area contributed by atoms with Gasteiger partial charge < -0.3 is 9.15 Å². The number of aryl methyl sites for hydroxylation is 1. The van der Waals surface area contributed by atoms with Gasteiger partial charge in [0.2, 0.25) is 0 Å². The second-order valence-corrected chi connectivity index (χ2v) is 4.89. The molecule has 0 aliphatic carbocycles. The number of hydrogen-bond acceptors (Lipinski definition) is 2. The summed E-state index contributed by atoms with van der Waals surface area (Å²) in [4.78, 5) is 0. The van der Waals surface area contributed by atoms with E-state index in [4.69, 9.17) is 20.8 Å². The zero-order valence-corrected chi connectivity index (χ0v) is 11.3. The summed E-state index contributed by atoms with van der Waals surface area (Å²) in [6, 6.07) is 13.4. The molecule has 0 saturated carbocycles. The maximum Gasteiger partial charge on any atom is 0.134 e. The Morgan fingerprint density at radius 3 is 2.84 bits per heavy atom. The molecule has 0 fully saturated rings. The number of halogens is 1. The first-order valence-corrected chi connectivity index (χ1v) is 6.46. The SMILES string of the molecule is Cc1cccc2occ(COc3cccc(Cl)c3)c12. The van der Waals surface area contributed by atoms with Crippen LogP contribution in [0.3, 0.4) is 0 Å². The van der Waals surface area contributed by atoms with Gasteiger partial charge in [0.1, 0.15) is 17.9 Å². The molecule has 0 saturated heterocycles. The van der Waals surface area contributed by atoms with Crippen molar-refractivity contribution >= 4 is 22.6 Å². The molecule has 2 nitrogen and oxygen atoms in total. The lowest BCUT2D eigenvalue weighted by Crippen LogP contribution is -1.94. The number of rotatable bonds is 3. The van der Waals surface area contributed by atoms with Crippen molar-refractivity contribution in [1.82, 2.24) is 0 Å². The molecule has 96 valence electrons. The molecular formula is C16H13ClO2. The highest BCUT2D eigenvalue weighted by Crippen LogP contribution is 2.26. The highest BCUT2D eigenvalue weighted by molar-refractivity contribution is 6.30. The molecule has 0 spiro atoms. The quantitative estimate of drug-likeness (QED) is 0.671. The minimum atomic E-state index is 0.470. The van der Waals surface area contributed by atoms with Crippen LogP contribution in [0.4, 0.5) is 0 Å². The standard InChI is InChI=1S/C16H13ClO2/c1-11-4-2-7-15-16(11)12(10-19-15)9-18-14-6-3-5-13(17)8-14/h2-8,10H,9H2,1H3. The van der Waals surface area contributed by atoms with Crippen molar-refractivity contribution in [2.75, 3.05) is 0 Å². The molecule has 0 bridgehead atoms.